The first-order valence-corrected chi connectivity index (χ1v) is 14.3. The molecule has 0 aliphatic carbocycles. The van der Waals surface area contributed by atoms with Crippen molar-refractivity contribution in [2.24, 2.45) is 0 Å². The molecule has 0 unspecified atom stereocenters. The van der Waals surface area contributed by atoms with Crippen LogP contribution in [0.4, 0.5) is 17.7 Å². The van der Waals surface area contributed by atoms with E-state index < -0.39 is 8.32 Å². The van der Waals surface area contributed by atoms with Crippen molar-refractivity contribution in [3.8, 4) is 17.3 Å². The van der Waals surface area contributed by atoms with Crippen LogP contribution in [0.25, 0.3) is 11.3 Å². The van der Waals surface area contributed by atoms with Gasteiger partial charge in [-0.2, -0.15) is 10.2 Å². The monoisotopic (exact) mass is 476 g/mol. The van der Waals surface area contributed by atoms with Crippen molar-refractivity contribution >= 4 is 26.0 Å². The van der Waals surface area contributed by atoms with Crippen molar-refractivity contribution in [1.29, 1.82) is 5.26 Å². The Kier molecular flexibility index (Phi) is 6.00. The number of nitriles is 1. The van der Waals surface area contributed by atoms with Gasteiger partial charge in [0.05, 0.1) is 22.6 Å². The summed E-state index contributed by atoms with van der Waals surface area (Å²) in [5.74, 6) is 0.375. The fourth-order valence-corrected chi connectivity index (χ4v) is 4.81. The molecule has 1 aliphatic heterocycles. The lowest BCUT2D eigenvalue weighted by atomic mass is 9.83. The molecule has 0 amide bonds. The second-order valence-corrected chi connectivity index (χ2v) is 15.5. The van der Waals surface area contributed by atoms with Crippen LogP contribution in [0.5, 0.6) is 0 Å². The summed E-state index contributed by atoms with van der Waals surface area (Å²) < 4.78 is 12.0. The Hall–Kier alpha value is -3.22. The van der Waals surface area contributed by atoms with E-state index in [1.54, 1.807) is 12.5 Å². The van der Waals surface area contributed by atoms with Gasteiger partial charge in [0.1, 0.15) is 12.3 Å². The van der Waals surface area contributed by atoms with E-state index in [2.05, 4.69) is 78.5 Å². The highest BCUT2D eigenvalue weighted by Gasteiger charge is 2.42. The first-order chi connectivity index (χ1) is 15.9. The highest BCUT2D eigenvalue weighted by atomic mass is 28.4. The van der Waals surface area contributed by atoms with Gasteiger partial charge in [0, 0.05) is 30.3 Å². The number of nitrogens with one attached hydrogen (secondary N) is 2. The van der Waals surface area contributed by atoms with E-state index in [1.165, 1.54) is 0 Å². The lowest BCUT2D eigenvalue weighted by Gasteiger charge is -2.39. The summed E-state index contributed by atoms with van der Waals surface area (Å²) >= 11 is 0. The van der Waals surface area contributed by atoms with E-state index in [0.29, 0.717) is 29.8 Å². The van der Waals surface area contributed by atoms with Crippen molar-refractivity contribution in [3.05, 3.63) is 47.5 Å². The molecule has 0 radical (unpaired) electrons. The predicted octanol–water partition coefficient (Wildman–Crippen LogP) is 5.76. The summed E-state index contributed by atoms with van der Waals surface area (Å²) in [6.07, 6.45) is 3.24. The molecule has 1 atom stereocenters. The lowest BCUT2D eigenvalue weighted by molar-refractivity contribution is 0.220. The normalized spacial score (nSPS) is 17.7. The average molecular weight is 477 g/mol. The number of hydrogen-bond donors (Lipinski definition) is 2. The first kappa shape index (κ1) is 23.9. The maximum Gasteiger partial charge on any atom is 0.301 e. The molecule has 34 heavy (non-hydrogen) atoms. The predicted molar refractivity (Wildman–Crippen MR) is 136 cm³/mol. The molecule has 178 valence electrons. The van der Waals surface area contributed by atoms with Gasteiger partial charge >= 0.3 is 6.01 Å². The zero-order valence-electron chi connectivity index (χ0n) is 20.9. The fourth-order valence-electron chi connectivity index (χ4n) is 3.70. The Labute approximate surface area is 201 Å². The van der Waals surface area contributed by atoms with Crippen molar-refractivity contribution in [2.75, 3.05) is 23.8 Å². The molecule has 4 rings (SSSR count). The smallest absolute Gasteiger partial charge is 0.301 e. The number of nitrogens with zero attached hydrogens (tertiary/aromatic N) is 4. The van der Waals surface area contributed by atoms with E-state index in [4.69, 9.17) is 8.84 Å². The first-order valence-electron chi connectivity index (χ1n) is 11.4. The maximum atomic E-state index is 9.88. The van der Waals surface area contributed by atoms with Gasteiger partial charge in [-0.05, 0) is 48.8 Å². The molecule has 3 aromatic rings. The van der Waals surface area contributed by atoms with E-state index >= 15 is 0 Å². The number of benzene rings is 1. The number of aromatic nitrogens is 3. The Bertz CT molecular complexity index is 1260. The molecule has 0 spiro atoms. The third-order valence-corrected chi connectivity index (χ3v) is 11.4. The Morgan fingerprint density at radius 3 is 2.71 bits per heavy atom. The summed E-state index contributed by atoms with van der Waals surface area (Å²) in [6, 6.07) is 8.50. The molecule has 8 nitrogen and oxygen atoms in total. The zero-order valence-corrected chi connectivity index (χ0v) is 21.9. The highest BCUT2D eigenvalue weighted by molar-refractivity contribution is 6.74. The quantitative estimate of drug-likeness (QED) is 0.432. The third kappa shape index (κ3) is 4.56. The summed E-state index contributed by atoms with van der Waals surface area (Å²) in [7, 11) is -1.92. The second kappa shape index (κ2) is 8.53. The van der Waals surface area contributed by atoms with Gasteiger partial charge < -0.3 is 14.2 Å². The van der Waals surface area contributed by atoms with Crippen LogP contribution in [0, 0.1) is 18.3 Å². The lowest BCUT2D eigenvalue weighted by Crippen LogP contribution is -2.45. The van der Waals surface area contributed by atoms with Gasteiger partial charge in [0.15, 0.2) is 8.32 Å². The molecule has 2 N–H and O–H groups in total. The SMILES string of the molecule is Cc1coc(Nc2nccc(-c3cc(C#N)c4c(c3)[C@@](C)(CO[Si](C)(C)C(C)(C)C)CN4)n2)n1. The van der Waals surface area contributed by atoms with Crippen LogP contribution < -0.4 is 10.6 Å². The summed E-state index contributed by atoms with van der Waals surface area (Å²) in [6.45, 7) is 16.6. The number of hydrogen-bond acceptors (Lipinski definition) is 8. The summed E-state index contributed by atoms with van der Waals surface area (Å²) in [4.78, 5) is 13.2. The summed E-state index contributed by atoms with van der Waals surface area (Å²) in [5.41, 5.74) is 4.64. The molecule has 0 saturated heterocycles. The molecule has 3 heterocycles. The van der Waals surface area contributed by atoms with E-state index in [0.717, 1.165) is 29.1 Å². The molecule has 1 aromatic carbocycles. The van der Waals surface area contributed by atoms with Gasteiger partial charge in [-0.3, -0.25) is 5.32 Å². The van der Waals surface area contributed by atoms with Gasteiger partial charge in [0.25, 0.3) is 0 Å². The number of oxazole rings is 1. The van der Waals surface area contributed by atoms with Crippen LogP contribution in [0.3, 0.4) is 0 Å². The minimum atomic E-state index is -1.92. The summed E-state index contributed by atoms with van der Waals surface area (Å²) in [5, 5.41) is 16.5. The molecule has 9 heteroatoms. The number of aryl methyl sites for hydroxylation is 1. The third-order valence-electron chi connectivity index (χ3n) is 6.91. The van der Waals surface area contributed by atoms with Crippen molar-refractivity contribution < 1.29 is 8.84 Å². The van der Waals surface area contributed by atoms with Crippen LogP contribution in [-0.4, -0.2) is 36.4 Å². The Morgan fingerprint density at radius 1 is 1.29 bits per heavy atom. The molecule has 0 fully saturated rings. The Balaban J connectivity index is 1.67. The van der Waals surface area contributed by atoms with Gasteiger partial charge in [0.2, 0.25) is 5.95 Å². The number of rotatable bonds is 6. The van der Waals surface area contributed by atoms with Crippen LogP contribution in [0.1, 0.15) is 44.5 Å². The molecule has 0 bridgehead atoms. The van der Waals surface area contributed by atoms with Crippen LogP contribution in [0.2, 0.25) is 18.1 Å². The van der Waals surface area contributed by atoms with E-state index in [9.17, 15) is 5.26 Å². The molecule has 1 aliphatic rings. The molecular weight excluding hydrogens is 444 g/mol. The second-order valence-electron chi connectivity index (χ2n) is 10.7. The van der Waals surface area contributed by atoms with Gasteiger partial charge in [-0.25, -0.2) is 9.97 Å². The average Bonchev–Trinajstić information content (AvgIpc) is 3.34. The van der Waals surface area contributed by atoms with E-state index in [1.807, 2.05) is 19.1 Å². The zero-order chi connectivity index (χ0) is 24.7. The van der Waals surface area contributed by atoms with Crippen molar-refractivity contribution in [1.82, 2.24) is 15.0 Å². The van der Waals surface area contributed by atoms with Crippen LogP contribution in [-0.2, 0) is 9.84 Å². The van der Waals surface area contributed by atoms with Gasteiger partial charge in [-0.15, -0.1) is 0 Å². The minimum Gasteiger partial charge on any atom is -0.432 e. The molecule has 2 aromatic heterocycles. The fraction of sp³-hybridized carbons (Fsp3) is 0.440. The number of fused-ring (bicyclic) bond motifs is 1. The standard InChI is InChI=1S/C25H32N6O2Si/c1-16-13-32-23(29-16)31-22-27-9-8-20(30-22)17-10-18(12-26)21-19(11-17)25(5,14-28-21)15-33-34(6,7)24(2,3)4/h8-11,13,28H,14-15H2,1-7H3,(H,27,29,30,31)/t25-/m1/s1. The molecule has 0 saturated carbocycles. The van der Waals surface area contributed by atoms with Crippen LogP contribution in [0.15, 0.2) is 35.1 Å². The van der Waals surface area contributed by atoms with Crippen molar-refractivity contribution in [3.63, 3.8) is 0 Å². The largest absolute Gasteiger partial charge is 0.432 e. The van der Waals surface area contributed by atoms with E-state index in [-0.39, 0.29) is 10.5 Å². The van der Waals surface area contributed by atoms with Crippen LogP contribution >= 0.6 is 0 Å². The Morgan fingerprint density at radius 2 is 2.06 bits per heavy atom. The number of anilines is 3. The maximum absolute atomic E-state index is 9.88. The topological polar surface area (TPSA) is 109 Å². The highest BCUT2D eigenvalue weighted by Crippen LogP contribution is 2.43. The van der Waals surface area contributed by atoms with Crippen molar-refractivity contribution in [2.45, 2.75) is 58.2 Å². The minimum absolute atomic E-state index is 0.129. The van der Waals surface area contributed by atoms with Gasteiger partial charge in [-0.1, -0.05) is 27.7 Å². The molecular formula is C25H32N6O2Si.